The molecule has 0 spiro atoms. The second kappa shape index (κ2) is 21.2. The summed E-state index contributed by atoms with van der Waals surface area (Å²) < 4.78 is 102. The number of carbonyl (C=O) groups is 2. The van der Waals surface area contributed by atoms with Gasteiger partial charge in [0.05, 0.1) is 79.6 Å². The summed E-state index contributed by atoms with van der Waals surface area (Å²) in [4.78, 5) is 27.1. The molecule has 1 aliphatic heterocycles. The van der Waals surface area contributed by atoms with Crippen molar-refractivity contribution in [1.29, 1.82) is 0 Å². The molecular weight excluding hydrogens is 845 g/mol. The number of ether oxygens (including phenoxy) is 8. The van der Waals surface area contributed by atoms with Crippen LogP contribution in [0.4, 0.5) is 0 Å². The quantitative estimate of drug-likeness (QED) is 0.251. The second-order valence-corrected chi connectivity index (χ2v) is 18.2. The lowest BCUT2D eigenvalue weighted by atomic mass is 9.89. The maximum Gasteiger partial charge on any atom is 0.264 e. The maximum absolute atomic E-state index is 13.6. The molecule has 1 aliphatic carbocycles. The van der Waals surface area contributed by atoms with Crippen molar-refractivity contribution in [2.45, 2.75) is 25.7 Å². The Bertz CT molecular complexity index is 2210. The van der Waals surface area contributed by atoms with E-state index >= 15 is 0 Å². The molecule has 0 saturated carbocycles. The van der Waals surface area contributed by atoms with Gasteiger partial charge in [0, 0.05) is 36.8 Å². The van der Waals surface area contributed by atoms with Crippen molar-refractivity contribution < 1.29 is 64.3 Å². The summed E-state index contributed by atoms with van der Waals surface area (Å²) in [5, 5.41) is 0. The highest BCUT2D eigenvalue weighted by molar-refractivity contribution is 7.89. The third-order valence-corrected chi connectivity index (χ3v) is 11.0. The summed E-state index contributed by atoms with van der Waals surface area (Å²) in [5.74, 6) is 0.323. The number of carbonyl (C=O) groups excluding carboxylic acids is 2. The van der Waals surface area contributed by atoms with Gasteiger partial charge in [-0.1, -0.05) is 36.4 Å². The summed E-state index contributed by atoms with van der Waals surface area (Å²) in [5.41, 5.74) is 5.29. The zero-order valence-electron chi connectivity index (χ0n) is 35.2. The zero-order valence-corrected chi connectivity index (χ0v) is 36.8. The van der Waals surface area contributed by atoms with E-state index in [0.29, 0.717) is 107 Å². The van der Waals surface area contributed by atoms with E-state index < -0.39 is 31.9 Å². The number of sulfonamides is 2. The number of benzene rings is 4. The topological polar surface area (TPSA) is 200 Å². The summed E-state index contributed by atoms with van der Waals surface area (Å²) in [6.07, 6.45) is 2.53. The van der Waals surface area contributed by atoms with Gasteiger partial charge in [-0.15, -0.1) is 0 Å². The van der Waals surface area contributed by atoms with Gasteiger partial charge in [0.2, 0.25) is 20.0 Å². The monoisotopic (exact) mass is 896 g/mol. The molecule has 2 amide bonds. The van der Waals surface area contributed by atoms with Gasteiger partial charge in [-0.05, 0) is 68.8 Å². The molecule has 0 atom stereocenters. The van der Waals surface area contributed by atoms with E-state index in [2.05, 4.69) is 9.44 Å². The van der Waals surface area contributed by atoms with Gasteiger partial charge in [-0.3, -0.25) is 9.59 Å². The van der Waals surface area contributed by atoms with Gasteiger partial charge in [0.15, 0.2) is 0 Å². The first-order chi connectivity index (χ1) is 29.7. The molecule has 2 aliphatic rings. The van der Waals surface area contributed by atoms with Crippen LogP contribution in [-0.4, -0.2) is 121 Å². The van der Waals surface area contributed by atoms with Crippen molar-refractivity contribution in [3.05, 3.63) is 116 Å². The Balaban J connectivity index is 1.60. The molecule has 0 fully saturated rings. The number of fused-ring (bicyclic) bond motifs is 2. The highest BCUT2D eigenvalue weighted by Crippen LogP contribution is 2.40. The highest BCUT2D eigenvalue weighted by atomic mass is 32.2. The average molecular weight is 897 g/mol. The van der Waals surface area contributed by atoms with E-state index in [1.807, 2.05) is 36.4 Å². The fourth-order valence-electron chi connectivity index (χ4n) is 7.47. The van der Waals surface area contributed by atoms with Crippen LogP contribution in [0, 0.1) is 0 Å². The van der Waals surface area contributed by atoms with E-state index in [1.54, 1.807) is 24.3 Å². The van der Waals surface area contributed by atoms with Crippen molar-refractivity contribution in [3.8, 4) is 23.0 Å². The standard InChI is InChI=1S/C44H52N2O14S2/c1-53-39-29-7-5-8-30(39)22-34-26-38(44(48)46-62(4,51)52)28-36-24-32-10-6-9-31(40(32)54-2)23-35-27-37(43(47)45-61(3,49)50)25-33(21-29)41(35)59-19-17-57-15-13-55-11-12-56-14-16-58-18-20-60-42(34)36/h5-10,25-28H,11-24H2,1-4H3,(H,45,47)(H,46,48). The fraction of sp³-hybridized carbons (Fsp3) is 0.409. The number of nitrogens with one attached hydrogen (secondary N) is 2. The predicted octanol–water partition coefficient (Wildman–Crippen LogP) is 3.60. The van der Waals surface area contributed by atoms with Crippen molar-refractivity contribution in [2.24, 2.45) is 0 Å². The fourth-order valence-corrected chi connectivity index (χ4v) is 8.38. The largest absolute Gasteiger partial charge is 0.496 e. The third-order valence-electron chi connectivity index (χ3n) is 9.92. The Morgan fingerprint density at radius 1 is 0.468 bits per heavy atom. The minimum atomic E-state index is -3.92. The van der Waals surface area contributed by atoms with Gasteiger partial charge in [-0.2, -0.15) is 0 Å². The van der Waals surface area contributed by atoms with Crippen LogP contribution in [0.1, 0.15) is 65.2 Å². The first-order valence-corrected chi connectivity index (χ1v) is 23.7. The van der Waals surface area contributed by atoms with Crippen molar-refractivity contribution in [3.63, 3.8) is 0 Å². The molecule has 2 N–H and O–H groups in total. The molecule has 0 aromatic heterocycles. The van der Waals surface area contributed by atoms with Crippen LogP contribution in [-0.2, 0) is 64.7 Å². The molecule has 1 heterocycles. The van der Waals surface area contributed by atoms with Crippen molar-refractivity contribution >= 4 is 31.9 Å². The van der Waals surface area contributed by atoms with E-state index in [0.717, 1.165) is 12.5 Å². The maximum atomic E-state index is 13.6. The molecule has 4 aromatic carbocycles. The summed E-state index contributed by atoms with van der Waals surface area (Å²) in [6.45, 7) is 2.77. The first-order valence-electron chi connectivity index (χ1n) is 19.9. The summed E-state index contributed by atoms with van der Waals surface area (Å²) in [7, 11) is -4.76. The van der Waals surface area contributed by atoms with E-state index in [4.69, 9.17) is 37.9 Å². The van der Waals surface area contributed by atoms with E-state index in [1.165, 1.54) is 14.2 Å². The molecule has 4 aromatic rings. The molecule has 6 rings (SSSR count). The van der Waals surface area contributed by atoms with Gasteiger partial charge in [0.1, 0.15) is 36.2 Å². The SMILES string of the molecule is COc1c2cccc1Cc1cc(C(=O)NS(C)(=O)=O)cc3c1OCCOCCOCCOCCOCCOc1c(cc(C(=O)NS(C)(=O)=O)cc1Cc1cccc(c1OC)C3)C2. The van der Waals surface area contributed by atoms with Gasteiger partial charge < -0.3 is 37.9 Å². The minimum absolute atomic E-state index is 0.0983. The van der Waals surface area contributed by atoms with E-state index in [-0.39, 0.29) is 63.2 Å². The lowest BCUT2D eigenvalue weighted by Crippen LogP contribution is -2.29. The Labute approximate surface area is 362 Å². The number of para-hydroxylation sites is 2. The molecule has 62 heavy (non-hydrogen) atoms. The van der Waals surface area contributed by atoms with Gasteiger partial charge >= 0.3 is 0 Å². The molecular formula is C44H52N2O14S2. The number of amides is 2. The van der Waals surface area contributed by atoms with Crippen LogP contribution >= 0.6 is 0 Å². The third kappa shape index (κ3) is 12.7. The normalized spacial score (nSPS) is 15.9. The van der Waals surface area contributed by atoms with Crippen molar-refractivity contribution in [1.82, 2.24) is 9.44 Å². The average Bonchev–Trinajstić information content (AvgIpc) is 3.20. The van der Waals surface area contributed by atoms with Crippen LogP contribution in [0.5, 0.6) is 23.0 Å². The van der Waals surface area contributed by atoms with Crippen LogP contribution in [0.15, 0.2) is 60.7 Å². The Morgan fingerprint density at radius 2 is 0.742 bits per heavy atom. The van der Waals surface area contributed by atoms with Crippen LogP contribution in [0.25, 0.3) is 0 Å². The number of hydrogen-bond donors (Lipinski definition) is 2. The number of methoxy groups -OCH3 is 2. The molecule has 0 saturated heterocycles. The first kappa shape index (κ1) is 46.3. The Morgan fingerprint density at radius 3 is 1.00 bits per heavy atom. The zero-order chi connectivity index (χ0) is 44.3. The summed E-state index contributed by atoms with van der Waals surface area (Å²) in [6, 6.07) is 17.6. The smallest absolute Gasteiger partial charge is 0.264 e. The molecule has 18 heteroatoms. The minimum Gasteiger partial charge on any atom is -0.496 e. The Kier molecular flexibility index (Phi) is 15.8. The van der Waals surface area contributed by atoms with Crippen molar-refractivity contribution in [2.75, 3.05) is 92.8 Å². The number of rotatable bonds is 6. The summed E-state index contributed by atoms with van der Waals surface area (Å²) >= 11 is 0. The second-order valence-electron chi connectivity index (χ2n) is 14.7. The molecule has 10 bridgehead atoms. The molecule has 16 nitrogen and oxygen atoms in total. The van der Waals surface area contributed by atoms with Crippen LogP contribution in [0.2, 0.25) is 0 Å². The molecule has 0 unspecified atom stereocenters. The molecule has 0 radical (unpaired) electrons. The molecule has 334 valence electrons. The van der Waals surface area contributed by atoms with Crippen LogP contribution in [0.3, 0.4) is 0 Å². The predicted molar refractivity (Wildman–Crippen MR) is 229 cm³/mol. The number of hydrogen-bond acceptors (Lipinski definition) is 14. The lowest BCUT2D eigenvalue weighted by molar-refractivity contribution is -0.00706. The van der Waals surface area contributed by atoms with Gasteiger partial charge in [-0.25, -0.2) is 26.3 Å². The Hall–Kier alpha value is -5.24. The highest BCUT2D eigenvalue weighted by Gasteiger charge is 2.25. The lowest BCUT2D eigenvalue weighted by Gasteiger charge is -2.23. The van der Waals surface area contributed by atoms with Crippen LogP contribution < -0.4 is 28.4 Å². The van der Waals surface area contributed by atoms with E-state index in [9.17, 15) is 26.4 Å². The van der Waals surface area contributed by atoms with Gasteiger partial charge in [0.25, 0.3) is 11.8 Å².